The van der Waals surface area contributed by atoms with E-state index in [0.29, 0.717) is 11.3 Å². The van der Waals surface area contributed by atoms with Crippen LogP contribution in [-0.2, 0) is 0 Å². The van der Waals surface area contributed by atoms with Crippen LogP contribution in [0.3, 0.4) is 0 Å². The second kappa shape index (κ2) is 5.38. The molecule has 6 heteroatoms. The van der Waals surface area contributed by atoms with Gasteiger partial charge in [-0.1, -0.05) is 23.2 Å². The topological polar surface area (TPSA) is 75.4 Å². The van der Waals surface area contributed by atoms with E-state index in [-0.39, 0.29) is 27.4 Å². The van der Waals surface area contributed by atoms with E-state index in [0.717, 1.165) is 0 Å². The Labute approximate surface area is 119 Å². The normalized spacial score (nSPS) is 10.2. The van der Waals surface area contributed by atoms with Crippen molar-refractivity contribution in [1.29, 1.82) is 0 Å². The number of carbonyl (C=O) groups excluding carboxylic acids is 1. The van der Waals surface area contributed by atoms with Crippen molar-refractivity contribution in [1.82, 2.24) is 0 Å². The van der Waals surface area contributed by atoms with Crippen LogP contribution in [0.15, 0.2) is 36.4 Å². The van der Waals surface area contributed by atoms with E-state index in [1.165, 1.54) is 24.3 Å². The summed E-state index contributed by atoms with van der Waals surface area (Å²) in [5.41, 5.74) is 6.69. The number of hydrogen-bond donors (Lipinski definition) is 3. The van der Waals surface area contributed by atoms with Gasteiger partial charge in [0.2, 0.25) is 0 Å². The first-order valence-corrected chi connectivity index (χ1v) is 6.08. The van der Waals surface area contributed by atoms with E-state index in [2.05, 4.69) is 5.32 Å². The van der Waals surface area contributed by atoms with Crippen LogP contribution in [-0.4, -0.2) is 11.0 Å². The highest BCUT2D eigenvalue weighted by Gasteiger charge is 2.11. The predicted molar refractivity (Wildman–Crippen MR) is 76.9 cm³/mol. The van der Waals surface area contributed by atoms with E-state index in [9.17, 15) is 4.79 Å². The number of phenols is 1. The quantitative estimate of drug-likeness (QED) is 0.586. The molecule has 2 rings (SSSR count). The molecule has 0 aromatic heterocycles. The van der Waals surface area contributed by atoms with Crippen LogP contribution in [0.5, 0.6) is 5.75 Å². The summed E-state index contributed by atoms with van der Waals surface area (Å²) in [6.07, 6.45) is 0. The predicted octanol–water partition coefficient (Wildman–Crippen LogP) is 3.53. The number of rotatable bonds is 2. The highest BCUT2D eigenvalue weighted by Crippen LogP contribution is 2.29. The molecule has 2 aromatic carbocycles. The third-order valence-corrected chi connectivity index (χ3v) is 3.09. The van der Waals surface area contributed by atoms with Gasteiger partial charge in [-0.05, 0) is 36.4 Å². The van der Waals surface area contributed by atoms with Crippen molar-refractivity contribution in [2.45, 2.75) is 0 Å². The molecule has 0 bridgehead atoms. The molecule has 98 valence electrons. The fourth-order valence-corrected chi connectivity index (χ4v) is 1.95. The van der Waals surface area contributed by atoms with Crippen molar-refractivity contribution in [3.63, 3.8) is 0 Å². The third kappa shape index (κ3) is 3.10. The van der Waals surface area contributed by atoms with Crippen LogP contribution in [0.25, 0.3) is 0 Å². The minimum absolute atomic E-state index is 0.122. The van der Waals surface area contributed by atoms with Gasteiger partial charge in [-0.25, -0.2) is 0 Å². The maximum absolute atomic E-state index is 12.0. The summed E-state index contributed by atoms with van der Waals surface area (Å²) >= 11 is 11.7. The Hall–Kier alpha value is -1.91. The Morgan fingerprint density at radius 3 is 2.16 bits per heavy atom. The van der Waals surface area contributed by atoms with Gasteiger partial charge in [0.15, 0.2) is 0 Å². The number of halogens is 2. The molecule has 0 saturated heterocycles. The number of amides is 1. The Kier molecular flexibility index (Phi) is 3.83. The molecule has 0 radical (unpaired) electrons. The van der Waals surface area contributed by atoms with Crippen molar-refractivity contribution in [2.75, 3.05) is 11.1 Å². The summed E-state index contributed by atoms with van der Waals surface area (Å²) in [4.78, 5) is 12.0. The summed E-state index contributed by atoms with van der Waals surface area (Å²) in [5, 5.41) is 12.3. The molecule has 2 aromatic rings. The van der Waals surface area contributed by atoms with E-state index >= 15 is 0 Å². The monoisotopic (exact) mass is 296 g/mol. The Bertz CT molecular complexity index is 604. The SMILES string of the molecule is Nc1c(Cl)cc(C(=O)Nc2ccc(O)cc2)cc1Cl. The number of carbonyl (C=O) groups is 1. The number of phenolic OH excluding ortho intramolecular Hbond substituents is 1. The second-order valence-electron chi connectivity index (χ2n) is 3.85. The van der Waals surface area contributed by atoms with Crippen LogP contribution in [0.1, 0.15) is 10.4 Å². The molecule has 0 aliphatic heterocycles. The zero-order valence-electron chi connectivity index (χ0n) is 9.65. The summed E-state index contributed by atoms with van der Waals surface area (Å²) in [6.45, 7) is 0. The Morgan fingerprint density at radius 1 is 1.11 bits per heavy atom. The lowest BCUT2D eigenvalue weighted by molar-refractivity contribution is 0.102. The Balaban J connectivity index is 2.23. The lowest BCUT2D eigenvalue weighted by Gasteiger charge is -2.08. The van der Waals surface area contributed by atoms with Gasteiger partial charge < -0.3 is 16.2 Å². The first-order chi connectivity index (χ1) is 8.97. The minimum atomic E-state index is -0.366. The van der Waals surface area contributed by atoms with Gasteiger partial charge in [0.1, 0.15) is 5.75 Å². The second-order valence-corrected chi connectivity index (χ2v) is 4.67. The van der Waals surface area contributed by atoms with Crippen molar-refractivity contribution in [3.8, 4) is 5.75 Å². The first-order valence-electron chi connectivity index (χ1n) is 5.32. The molecule has 0 unspecified atom stereocenters. The van der Waals surface area contributed by atoms with Crippen LogP contribution in [0.4, 0.5) is 11.4 Å². The average Bonchev–Trinajstić information content (AvgIpc) is 2.38. The maximum Gasteiger partial charge on any atom is 0.255 e. The number of nitrogen functional groups attached to an aromatic ring is 1. The highest BCUT2D eigenvalue weighted by atomic mass is 35.5. The summed E-state index contributed by atoms with van der Waals surface area (Å²) in [7, 11) is 0. The summed E-state index contributed by atoms with van der Waals surface area (Å²) < 4.78 is 0. The van der Waals surface area contributed by atoms with E-state index < -0.39 is 0 Å². The lowest BCUT2D eigenvalue weighted by atomic mass is 10.2. The molecule has 0 saturated carbocycles. The molecule has 4 nitrogen and oxygen atoms in total. The smallest absolute Gasteiger partial charge is 0.255 e. The molecule has 0 spiro atoms. The number of benzene rings is 2. The van der Waals surface area contributed by atoms with Crippen molar-refractivity contribution >= 4 is 40.5 Å². The Morgan fingerprint density at radius 2 is 1.63 bits per heavy atom. The van der Waals surface area contributed by atoms with Crippen molar-refractivity contribution in [3.05, 3.63) is 52.0 Å². The van der Waals surface area contributed by atoms with Gasteiger partial charge in [-0.3, -0.25) is 4.79 Å². The number of anilines is 2. The fourth-order valence-electron chi connectivity index (χ4n) is 1.46. The van der Waals surface area contributed by atoms with Gasteiger partial charge in [0.05, 0.1) is 15.7 Å². The maximum atomic E-state index is 12.0. The van der Waals surface area contributed by atoms with Gasteiger partial charge in [-0.2, -0.15) is 0 Å². The van der Waals surface area contributed by atoms with Crippen LogP contribution in [0, 0.1) is 0 Å². The minimum Gasteiger partial charge on any atom is -0.508 e. The average molecular weight is 297 g/mol. The van der Waals surface area contributed by atoms with E-state index in [1.54, 1.807) is 12.1 Å². The standard InChI is InChI=1S/C13H10Cl2N2O2/c14-10-5-7(6-11(15)12(10)16)13(19)17-8-1-3-9(18)4-2-8/h1-6,18H,16H2,(H,17,19). The number of aromatic hydroxyl groups is 1. The van der Waals surface area contributed by atoms with Crippen molar-refractivity contribution in [2.24, 2.45) is 0 Å². The molecule has 0 aliphatic carbocycles. The first kappa shape index (κ1) is 13.5. The molecule has 0 atom stereocenters. The number of nitrogens with one attached hydrogen (secondary N) is 1. The molecular formula is C13H10Cl2N2O2. The van der Waals surface area contributed by atoms with Gasteiger partial charge in [0, 0.05) is 11.3 Å². The van der Waals surface area contributed by atoms with Crippen LogP contribution < -0.4 is 11.1 Å². The summed E-state index contributed by atoms with van der Waals surface area (Å²) in [6, 6.07) is 8.98. The van der Waals surface area contributed by atoms with Gasteiger partial charge in [-0.15, -0.1) is 0 Å². The largest absolute Gasteiger partial charge is 0.508 e. The lowest BCUT2D eigenvalue weighted by Crippen LogP contribution is -2.12. The number of hydrogen-bond acceptors (Lipinski definition) is 3. The van der Waals surface area contributed by atoms with Crippen LogP contribution in [0.2, 0.25) is 10.0 Å². The molecule has 0 aliphatic rings. The molecular weight excluding hydrogens is 287 g/mol. The van der Waals surface area contributed by atoms with Crippen molar-refractivity contribution < 1.29 is 9.90 Å². The van der Waals surface area contributed by atoms with Crippen LogP contribution >= 0.6 is 23.2 Å². The highest BCUT2D eigenvalue weighted by molar-refractivity contribution is 6.39. The van der Waals surface area contributed by atoms with E-state index in [4.69, 9.17) is 34.0 Å². The summed E-state index contributed by atoms with van der Waals surface area (Å²) in [5.74, 6) is -0.244. The molecule has 19 heavy (non-hydrogen) atoms. The zero-order valence-corrected chi connectivity index (χ0v) is 11.2. The number of nitrogens with two attached hydrogens (primary N) is 1. The zero-order chi connectivity index (χ0) is 14.0. The molecule has 4 N–H and O–H groups in total. The fraction of sp³-hybridized carbons (Fsp3) is 0. The molecule has 0 fully saturated rings. The third-order valence-electron chi connectivity index (χ3n) is 2.47. The van der Waals surface area contributed by atoms with Gasteiger partial charge >= 0.3 is 0 Å². The van der Waals surface area contributed by atoms with E-state index in [1.807, 2.05) is 0 Å². The van der Waals surface area contributed by atoms with Gasteiger partial charge in [0.25, 0.3) is 5.91 Å². The molecule has 1 amide bonds. The molecule has 0 heterocycles.